The van der Waals surface area contributed by atoms with Crippen molar-refractivity contribution in [3.8, 4) is 0 Å². The Labute approximate surface area is 61.0 Å². The number of Topliss-reactive ketones (excluding diaryl/α,β-unsaturated/α-hetero) is 1. The SMILES string of the molecule is CC(=O)CC1C2CNCC21. The van der Waals surface area contributed by atoms with Gasteiger partial charge in [0.1, 0.15) is 5.78 Å². The number of carbonyl (C=O) groups excluding carboxylic acids is 1. The molecule has 1 aliphatic carbocycles. The van der Waals surface area contributed by atoms with Gasteiger partial charge in [0.2, 0.25) is 0 Å². The molecule has 1 aliphatic heterocycles. The minimum atomic E-state index is 0.361. The van der Waals surface area contributed by atoms with Gasteiger partial charge in [0, 0.05) is 6.42 Å². The third kappa shape index (κ3) is 0.870. The van der Waals surface area contributed by atoms with E-state index in [0.29, 0.717) is 5.78 Å². The Balaban J connectivity index is 1.84. The van der Waals surface area contributed by atoms with Gasteiger partial charge in [-0.3, -0.25) is 0 Å². The van der Waals surface area contributed by atoms with Crippen molar-refractivity contribution >= 4 is 5.78 Å². The highest BCUT2D eigenvalue weighted by molar-refractivity contribution is 5.76. The summed E-state index contributed by atoms with van der Waals surface area (Å²) in [6.07, 6.45) is 0.830. The standard InChI is InChI=1S/C8H13NO/c1-5(10)2-6-7-3-9-4-8(6)7/h6-9H,2-4H2,1H3. The quantitative estimate of drug-likeness (QED) is 0.601. The van der Waals surface area contributed by atoms with Gasteiger partial charge >= 0.3 is 0 Å². The minimum Gasteiger partial charge on any atom is -0.316 e. The molecule has 2 rings (SSSR count). The van der Waals surface area contributed by atoms with Crippen LogP contribution >= 0.6 is 0 Å². The number of carbonyl (C=O) groups is 1. The Morgan fingerprint density at radius 1 is 1.50 bits per heavy atom. The van der Waals surface area contributed by atoms with E-state index in [9.17, 15) is 4.79 Å². The van der Waals surface area contributed by atoms with Crippen LogP contribution in [-0.4, -0.2) is 18.9 Å². The summed E-state index contributed by atoms with van der Waals surface area (Å²) in [5.74, 6) is 2.81. The molecular formula is C8H13NO. The molecule has 0 bridgehead atoms. The molecule has 2 fully saturated rings. The molecule has 1 heterocycles. The highest BCUT2D eigenvalue weighted by atomic mass is 16.1. The van der Waals surface area contributed by atoms with Gasteiger partial charge in [0.25, 0.3) is 0 Å². The van der Waals surface area contributed by atoms with E-state index in [-0.39, 0.29) is 0 Å². The predicted molar refractivity (Wildman–Crippen MR) is 38.6 cm³/mol. The third-order valence-corrected chi connectivity index (χ3v) is 2.79. The number of piperidine rings is 1. The van der Waals surface area contributed by atoms with E-state index in [2.05, 4.69) is 5.32 Å². The lowest BCUT2D eigenvalue weighted by atomic mass is 10.1. The molecule has 1 saturated heterocycles. The van der Waals surface area contributed by atoms with E-state index >= 15 is 0 Å². The van der Waals surface area contributed by atoms with Crippen molar-refractivity contribution in [1.82, 2.24) is 5.32 Å². The second kappa shape index (κ2) is 2.06. The highest BCUT2D eigenvalue weighted by Crippen LogP contribution is 2.50. The van der Waals surface area contributed by atoms with Crippen molar-refractivity contribution in [2.45, 2.75) is 13.3 Å². The van der Waals surface area contributed by atoms with Crippen molar-refractivity contribution < 1.29 is 4.79 Å². The van der Waals surface area contributed by atoms with Crippen LogP contribution in [-0.2, 0) is 4.79 Å². The van der Waals surface area contributed by atoms with Crippen LogP contribution in [0.15, 0.2) is 0 Å². The molecule has 2 nitrogen and oxygen atoms in total. The van der Waals surface area contributed by atoms with Crippen LogP contribution in [0.4, 0.5) is 0 Å². The van der Waals surface area contributed by atoms with Crippen molar-refractivity contribution in [1.29, 1.82) is 0 Å². The Morgan fingerprint density at radius 3 is 2.60 bits per heavy atom. The highest BCUT2D eigenvalue weighted by Gasteiger charge is 2.52. The van der Waals surface area contributed by atoms with Crippen molar-refractivity contribution in [2.75, 3.05) is 13.1 Å². The summed E-state index contributed by atoms with van der Waals surface area (Å²) in [7, 11) is 0. The summed E-state index contributed by atoms with van der Waals surface area (Å²) >= 11 is 0. The molecule has 0 aromatic carbocycles. The molecule has 2 unspecified atom stereocenters. The summed E-state index contributed by atoms with van der Waals surface area (Å²) in [5, 5.41) is 3.31. The average molecular weight is 139 g/mol. The summed E-state index contributed by atoms with van der Waals surface area (Å²) < 4.78 is 0. The molecule has 0 radical (unpaired) electrons. The second-order valence-corrected chi connectivity index (χ2v) is 3.56. The fourth-order valence-corrected chi connectivity index (χ4v) is 2.18. The summed E-state index contributed by atoms with van der Waals surface area (Å²) in [5.41, 5.74) is 0. The predicted octanol–water partition coefficient (Wildman–Crippen LogP) is 0.431. The number of fused-ring (bicyclic) bond motifs is 1. The number of nitrogens with one attached hydrogen (secondary N) is 1. The van der Waals surface area contributed by atoms with Gasteiger partial charge in [0.05, 0.1) is 0 Å². The van der Waals surface area contributed by atoms with Crippen molar-refractivity contribution in [2.24, 2.45) is 17.8 Å². The number of hydrogen-bond acceptors (Lipinski definition) is 2. The summed E-state index contributed by atoms with van der Waals surface area (Å²) in [6.45, 7) is 4.01. The lowest BCUT2D eigenvalue weighted by molar-refractivity contribution is -0.117. The van der Waals surface area contributed by atoms with Gasteiger partial charge < -0.3 is 10.1 Å². The Hall–Kier alpha value is -0.370. The summed E-state index contributed by atoms with van der Waals surface area (Å²) in [4.78, 5) is 10.7. The second-order valence-electron chi connectivity index (χ2n) is 3.56. The average Bonchev–Trinajstić information content (AvgIpc) is 2.40. The van der Waals surface area contributed by atoms with Gasteiger partial charge in [-0.2, -0.15) is 0 Å². The Kier molecular flexibility index (Phi) is 1.31. The first-order valence-corrected chi connectivity index (χ1v) is 3.99. The maximum atomic E-state index is 10.7. The number of hydrogen-bond donors (Lipinski definition) is 1. The Morgan fingerprint density at radius 2 is 2.10 bits per heavy atom. The van der Waals surface area contributed by atoms with Crippen LogP contribution in [0.1, 0.15) is 13.3 Å². The molecule has 0 amide bonds. The van der Waals surface area contributed by atoms with E-state index in [1.54, 1.807) is 6.92 Å². The lowest BCUT2D eigenvalue weighted by Gasteiger charge is -1.99. The van der Waals surface area contributed by atoms with E-state index in [4.69, 9.17) is 0 Å². The zero-order valence-corrected chi connectivity index (χ0v) is 6.26. The molecule has 0 spiro atoms. The smallest absolute Gasteiger partial charge is 0.130 e. The molecule has 56 valence electrons. The topological polar surface area (TPSA) is 29.1 Å². The molecule has 0 aromatic heterocycles. The van der Waals surface area contributed by atoms with Gasteiger partial charge in [-0.15, -0.1) is 0 Å². The van der Waals surface area contributed by atoms with Crippen LogP contribution in [0.25, 0.3) is 0 Å². The van der Waals surface area contributed by atoms with Crippen LogP contribution < -0.4 is 5.32 Å². The number of ketones is 1. The lowest BCUT2D eigenvalue weighted by Crippen LogP contribution is -2.15. The van der Waals surface area contributed by atoms with Crippen molar-refractivity contribution in [3.05, 3.63) is 0 Å². The fraction of sp³-hybridized carbons (Fsp3) is 0.875. The molecule has 0 aromatic rings. The van der Waals surface area contributed by atoms with Crippen molar-refractivity contribution in [3.63, 3.8) is 0 Å². The first-order chi connectivity index (χ1) is 4.79. The van der Waals surface area contributed by atoms with Gasteiger partial charge in [-0.05, 0) is 37.8 Å². The molecular weight excluding hydrogens is 126 g/mol. The number of rotatable bonds is 2. The molecule has 1 saturated carbocycles. The molecule has 10 heavy (non-hydrogen) atoms. The van der Waals surface area contributed by atoms with Gasteiger partial charge in [-0.1, -0.05) is 0 Å². The molecule has 2 heteroatoms. The van der Waals surface area contributed by atoms with E-state index < -0.39 is 0 Å². The third-order valence-electron chi connectivity index (χ3n) is 2.79. The largest absolute Gasteiger partial charge is 0.316 e. The monoisotopic (exact) mass is 139 g/mol. The van der Waals surface area contributed by atoms with Crippen LogP contribution in [0.5, 0.6) is 0 Å². The zero-order valence-electron chi connectivity index (χ0n) is 6.26. The van der Waals surface area contributed by atoms with Crippen LogP contribution in [0.3, 0.4) is 0 Å². The zero-order chi connectivity index (χ0) is 7.14. The maximum absolute atomic E-state index is 10.7. The molecule has 2 atom stereocenters. The Bertz CT molecular complexity index is 157. The molecule has 1 N–H and O–H groups in total. The summed E-state index contributed by atoms with van der Waals surface area (Å²) in [6, 6.07) is 0. The van der Waals surface area contributed by atoms with Crippen LogP contribution in [0.2, 0.25) is 0 Å². The minimum absolute atomic E-state index is 0.361. The van der Waals surface area contributed by atoms with Gasteiger partial charge in [0.15, 0.2) is 0 Å². The van der Waals surface area contributed by atoms with E-state index in [1.807, 2.05) is 0 Å². The van der Waals surface area contributed by atoms with E-state index in [0.717, 1.165) is 37.3 Å². The van der Waals surface area contributed by atoms with Crippen LogP contribution in [0, 0.1) is 17.8 Å². The van der Waals surface area contributed by atoms with Gasteiger partial charge in [-0.25, -0.2) is 0 Å². The first-order valence-electron chi connectivity index (χ1n) is 3.99. The maximum Gasteiger partial charge on any atom is 0.130 e. The fourth-order valence-electron chi connectivity index (χ4n) is 2.18. The normalized spacial score (nSPS) is 43.1. The van der Waals surface area contributed by atoms with E-state index in [1.165, 1.54) is 0 Å². The first kappa shape index (κ1) is 6.35. The molecule has 2 aliphatic rings.